The largest absolute Gasteiger partial charge is 0.459 e. The number of allylic oxidation sites excluding steroid dienone is 1. The Bertz CT molecular complexity index is 316. The van der Waals surface area contributed by atoms with Gasteiger partial charge in [-0.2, -0.15) is 0 Å². The zero-order chi connectivity index (χ0) is 9.80. The van der Waals surface area contributed by atoms with Crippen molar-refractivity contribution in [3.05, 3.63) is 54.8 Å². The van der Waals surface area contributed by atoms with Gasteiger partial charge in [-0.25, -0.2) is 0 Å². The van der Waals surface area contributed by atoms with Crippen molar-refractivity contribution >= 4 is 0 Å². The van der Waals surface area contributed by atoms with Gasteiger partial charge in [0.15, 0.2) is 0 Å². The van der Waals surface area contributed by atoms with Crippen molar-refractivity contribution in [2.75, 3.05) is 0 Å². The fourth-order valence-corrected chi connectivity index (χ4v) is 1.39. The predicted molar refractivity (Wildman–Crippen MR) is 54.2 cm³/mol. The molecule has 1 radical (unpaired) electrons. The quantitative estimate of drug-likeness (QED) is 0.727. The molecule has 73 valence electrons. The minimum absolute atomic E-state index is 0.172. The van der Waals surface area contributed by atoms with Crippen LogP contribution in [0, 0.1) is 6.92 Å². The third-order valence-electron chi connectivity index (χ3n) is 2.13. The molecule has 0 N–H and O–H groups in total. The number of rotatable bonds is 3. The Morgan fingerprint density at radius 3 is 2.64 bits per heavy atom. The molecule has 1 atom stereocenters. The number of hydrogen-bond donors (Lipinski definition) is 0. The van der Waals surface area contributed by atoms with Gasteiger partial charge in [-0.15, -0.1) is 0 Å². The van der Waals surface area contributed by atoms with Crippen LogP contribution in [0.25, 0.3) is 0 Å². The Hall–Kier alpha value is -1.44. The summed E-state index contributed by atoms with van der Waals surface area (Å²) in [5.74, 6) is 0.825. The van der Waals surface area contributed by atoms with Gasteiger partial charge in [0.2, 0.25) is 6.29 Å². The second-order valence-corrected chi connectivity index (χ2v) is 3.21. The zero-order valence-corrected chi connectivity index (χ0v) is 7.98. The standard InChI is InChI=1S/C12H13O2/c1-2-11-9-13-12(14-11)8-10-6-4-3-5-7-10/h3-7,9,12H,1-2,8H2. The van der Waals surface area contributed by atoms with Gasteiger partial charge in [-0.3, -0.25) is 0 Å². The maximum atomic E-state index is 5.49. The molecule has 1 aromatic carbocycles. The van der Waals surface area contributed by atoms with E-state index in [1.54, 1.807) is 6.26 Å². The predicted octanol–water partition coefficient (Wildman–Crippen LogP) is 2.67. The third kappa shape index (κ3) is 2.08. The van der Waals surface area contributed by atoms with Gasteiger partial charge >= 0.3 is 0 Å². The molecule has 0 spiro atoms. The zero-order valence-electron chi connectivity index (χ0n) is 7.98. The maximum absolute atomic E-state index is 5.49. The lowest BCUT2D eigenvalue weighted by Gasteiger charge is -2.11. The van der Waals surface area contributed by atoms with Crippen molar-refractivity contribution in [3.8, 4) is 0 Å². The summed E-state index contributed by atoms with van der Waals surface area (Å²) in [6, 6.07) is 10.2. The first-order valence-electron chi connectivity index (χ1n) is 4.73. The highest BCUT2D eigenvalue weighted by atomic mass is 16.7. The summed E-state index contributed by atoms with van der Waals surface area (Å²) in [5, 5.41) is 0. The summed E-state index contributed by atoms with van der Waals surface area (Å²) in [7, 11) is 0. The smallest absolute Gasteiger partial charge is 0.244 e. The lowest BCUT2D eigenvalue weighted by molar-refractivity contribution is -0.0306. The second-order valence-electron chi connectivity index (χ2n) is 3.21. The summed E-state index contributed by atoms with van der Waals surface area (Å²) < 4.78 is 10.8. The van der Waals surface area contributed by atoms with Gasteiger partial charge in [0.1, 0.15) is 12.0 Å². The average Bonchev–Trinajstić information content (AvgIpc) is 2.67. The monoisotopic (exact) mass is 189 g/mol. The van der Waals surface area contributed by atoms with E-state index in [0.29, 0.717) is 6.42 Å². The van der Waals surface area contributed by atoms with Crippen LogP contribution in [0.3, 0.4) is 0 Å². The highest BCUT2D eigenvalue weighted by molar-refractivity contribution is 5.15. The highest BCUT2D eigenvalue weighted by Crippen LogP contribution is 2.19. The van der Waals surface area contributed by atoms with Crippen molar-refractivity contribution in [2.24, 2.45) is 0 Å². The van der Waals surface area contributed by atoms with Crippen molar-refractivity contribution in [1.29, 1.82) is 0 Å². The van der Waals surface area contributed by atoms with Crippen LogP contribution < -0.4 is 0 Å². The first-order valence-corrected chi connectivity index (χ1v) is 4.73. The molecule has 0 bridgehead atoms. The van der Waals surface area contributed by atoms with Crippen molar-refractivity contribution in [2.45, 2.75) is 19.1 Å². The van der Waals surface area contributed by atoms with Crippen LogP contribution in [0.15, 0.2) is 42.4 Å². The van der Waals surface area contributed by atoms with E-state index < -0.39 is 0 Å². The van der Waals surface area contributed by atoms with Crippen LogP contribution in [0.5, 0.6) is 0 Å². The number of benzene rings is 1. The molecule has 14 heavy (non-hydrogen) atoms. The molecule has 1 heterocycles. The number of hydrogen-bond acceptors (Lipinski definition) is 2. The molecule has 0 aromatic heterocycles. The molecular weight excluding hydrogens is 176 g/mol. The molecule has 0 amide bonds. The Morgan fingerprint density at radius 2 is 2.00 bits per heavy atom. The van der Waals surface area contributed by atoms with Crippen LogP contribution in [0.4, 0.5) is 0 Å². The average molecular weight is 189 g/mol. The molecule has 0 aliphatic carbocycles. The van der Waals surface area contributed by atoms with Crippen molar-refractivity contribution in [3.63, 3.8) is 0 Å². The molecule has 2 rings (SSSR count). The fourth-order valence-electron chi connectivity index (χ4n) is 1.39. The topological polar surface area (TPSA) is 18.5 Å². The summed E-state index contributed by atoms with van der Waals surface area (Å²) >= 11 is 0. The molecule has 1 aliphatic heterocycles. The SMILES string of the molecule is [CH2]CC1=COC(Cc2ccccc2)O1. The van der Waals surface area contributed by atoms with Gasteiger partial charge < -0.3 is 9.47 Å². The van der Waals surface area contributed by atoms with E-state index in [2.05, 4.69) is 19.1 Å². The molecule has 1 aliphatic rings. The molecule has 0 saturated carbocycles. The van der Waals surface area contributed by atoms with Crippen molar-refractivity contribution in [1.82, 2.24) is 0 Å². The van der Waals surface area contributed by atoms with Crippen LogP contribution in [0.2, 0.25) is 0 Å². The first-order chi connectivity index (χ1) is 6.88. The second kappa shape index (κ2) is 4.18. The minimum Gasteiger partial charge on any atom is -0.459 e. The Kier molecular flexibility index (Phi) is 2.73. The minimum atomic E-state index is -0.172. The molecule has 2 nitrogen and oxygen atoms in total. The molecule has 1 aromatic rings. The number of ether oxygens (including phenoxy) is 2. The van der Waals surface area contributed by atoms with Gasteiger partial charge in [0.05, 0.1) is 0 Å². The van der Waals surface area contributed by atoms with Gasteiger partial charge in [-0.1, -0.05) is 30.3 Å². The normalized spacial score (nSPS) is 19.8. The van der Waals surface area contributed by atoms with E-state index in [0.717, 1.165) is 12.2 Å². The fraction of sp³-hybridized carbons (Fsp3) is 0.250. The summed E-state index contributed by atoms with van der Waals surface area (Å²) in [6.45, 7) is 3.74. The van der Waals surface area contributed by atoms with Crippen LogP contribution in [0.1, 0.15) is 12.0 Å². The van der Waals surface area contributed by atoms with E-state index in [9.17, 15) is 0 Å². The Balaban J connectivity index is 1.90. The van der Waals surface area contributed by atoms with Crippen molar-refractivity contribution < 1.29 is 9.47 Å². The lowest BCUT2D eigenvalue weighted by atomic mass is 10.1. The molecule has 1 unspecified atom stereocenters. The van der Waals surface area contributed by atoms with E-state index in [1.807, 2.05) is 18.2 Å². The molecule has 0 fully saturated rings. The highest BCUT2D eigenvalue weighted by Gasteiger charge is 2.18. The first kappa shape index (κ1) is 9.13. The van der Waals surface area contributed by atoms with Crippen LogP contribution in [-0.2, 0) is 15.9 Å². The lowest BCUT2D eigenvalue weighted by Crippen LogP contribution is -2.11. The molecule has 0 saturated heterocycles. The van der Waals surface area contributed by atoms with Gasteiger partial charge in [0, 0.05) is 12.8 Å². The van der Waals surface area contributed by atoms with E-state index >= 15 is 0 Å². The van der Waals surface area contributed by atoms with Crippen LogP contribution in [-0.4, -0.2) is 6.29 Å². The van der Waals surface area contributed by atoms with Crippen LogP contribution >= 0.6 is 0 Å². The maximum Gasteiger partial charge on any atom is 0.244 e. The Morgan fingerprint density at radius 1 is 1.21 bits per heavy atom. The van der Waals surface area contributed by atoms with Gasteiger partial charge in [-0.05, 0) is 12.5 Å². The molecular formula is C12H13O2. The van der Waals surface area contributed by atoms with E-state index in [-0.39, 0.29) is 6.29 Å². The third-order valence-corrected chi connectivity index (χ3v) is 2.13. The molecule has 2 heteroatoms. The van der Waals surface area contributed by atoms with E-state index in [1.165, 1.54) is 5.56 Å². The summed E-state index contributed by atoms with van der Waals surface area (Å²) in [5.41, 5.74) is 1.22. The Labute approximate surface area is 84.2 Å². The van der Waals surface area contributed by atoms with Gasteiger partial charge in [0.25, 0.3) is 0 Å². The summed E-state index contributed by atoms with van der Waals surface area (Å²) in [4.78, 5) is 0. The summed E-state index contributed by atoms with van der Waals surface area (Å²) in [6.07, 6.45) is 2.90. The van der Waals surface area contributed by atoms with E-state index in [4.69, 9.17) is 9.47 Å².